The lowest BCUT2D eigenvalue weighted by atomic mass is 9.47. The fourth-order valence-corrected chi connectivity index (χ4v) is 11.1. The molecule has 0 saturated heterocycles. The van der Waals surface area contributed by atoms with E-state index in [-0.39, 0.29) is 46.8 Å². The third-order valence-corrected chi connectivity index (χ3v) is 13.2. The standard InChI is InChI=1S/C35H50O5/c1-33-19-17-26(36)21-25(33)13-14-27-28-15-16-30(34(28,2)20-18-29(27)33)31(37)22-40-35(32(38)39,23-9-5-3-6-10-23)24-11-7-4-8-12-24/h17,19,21,23-24,27-30H,3-16,18,20,22H2,1-2H3,(H,38,39)/t27-,28-,29-,30+,33-,34-/m0/s1. The molecule has 0 radical (unpaired) electrons. The van der Waals surface area contributed by atoms with E-state index in [0.29, 0.717) is 17.8 Å². The summed E-state index contributed by atoms with van der Waals surface area (Å²) in [5.41, 5.74) is 0.0112. The number of carbonyl (C=O) groups excluding carboxylic acids is 2. The van der Waals surface area contributed by atoms with Gasteiger partial charge in [0, 0.05) is 11.3 Å². The zero-order chi connectivity index (χ0) is 28.1. The molecule has 0 heterocycles. The molecular weight excluding hydrogens is 500 g/mol. The van der Waals surface area contributed by atoms with Crippen molar-refractivity contribution in [1.82, 2.24) is 0 Å². The van der Waals surface area contributed by atoms with Crippen LogP contribution in [0, 0.1) is 46.3 Å². The van der Waals surface area contributed by atoms with Gasteiger partial charge in [-0.1, -0.05) is 64.0 Å². The molecule has 220 valence electrons. The Morgan fingerprint density at radius 2 is 1.55 bits per heavy atom. The first-order chi connectivity index (χ1) is 19.2. The van der Waals surface area contributed by atoms with E-state index in [9.17, 15) is 19.5 Å². The second-order valence-corrected chi connectivity index (χ2v) is 14.8. The number of hydrogen-bond acceptors (Lipinski definition) is 4. The van der Waals surface area contributed by atoms with Crippen LogP contribution in [-0.4, -0.2) is 34.9 Å². The van der Waals surface area contributed by atoms with Crippen molar-refractivity contribution in [2.24, 2.45) is 46.3 Å². The zero-order valence-electron chi connectivity index (χ0n) is 24.8. The molecule has 40 heavy (non-hydrogen) atoms. The second-order valence-electron chi connectivity index (χ2n) is 14.8. The van der Waals surface area contributed by atoms with Crippen LogP contribution in [0.15, 0.2) is 23.8 Å². The summed E-state index contributed by atoms with van der Waals surface area (Å²) in [5.74, 6) is 1.02. The third-order valence-electron chi connectivity index (χ3n) is 13.2. The summed E-state index contributed by atoms with van der Waals surface area (Å²) in [5, 5.41) is 10.7. The maximum atomic E-state index is 14.1. The molecule has 6 rings (SSSR count). The fourth-order valence-electron chi connectivity index (χ4n) is 11.1. The molecule has 6 atom stereocenters. The van der Waals surface area contributed by atoms with Gasteiger partial charge in [0.15, 0.2) is 17.2 Å². The number of allylic oxidation sites excluding steroid dienone is 4. The van der Waals surface area contributed by atoms with Crippen LogP contribution >= 0.6 is 0 Å². The van der Waals surface area contributed by atoms with E-state index in [4.69, 9.17) is 4.74 Å². The van der Waals surface area contributed by atoms with E-state index < -0.39 is 11.6 Å². The molecule has 5 fully saturated rings. The van der Waals surface area contributed by atoms with Crippen LogP contribution in [0.25, 0.3) is 0 Å². The minimum Gasteiger partial charge on any atom is -0.479 e. The molecule has 0 aliphatic heterocycles. The predicted octanol–water partition coefficient (Wildman–Crippen LogP) is 7.48. The SMILES string of the molecule is C[C@]12CC[C@H]3[C@@H](CCC4=CC(=O)C=C[C@@]43C)[C@@H]1CC[C@@H]2C(=O)COC(C(=O)O)(C1CCCCC1)C1CCCCC1. The maximum absolute atomic E-state index is 14.1. The molecule has 0 aromatic rings. The van der Waals surface area contributed by atoms with Gasteiger partial charge in [0.05, 0.1) is 0 Å². The number of Topliss-reactive ketones (excluding diaryl/α,β-unsaturated/α-hetero) is 1. The average molecular weight is 551 g/mol. The lowest BCUT2D eigenvalue weighted by Crippen LogP contribution is -2.56. The molecule has 1 N–H and O–H groups in total. The minimum absolute atomic E-state index is 0.0117. The lowest BCUT2D eigenvalue weighted by molar-refractivity contribution is -0.194. The molecule has 5 nitrogen and oxygen atoms in total. The molecule has 5 saturated carbocycles. The van der Waals surface area contributed by atoms with Gasteiger partial charge < -0.3 is 9.84 Å². The summed E-state index contributed by atoms with van der Waals surface area (Å²) in [6.45, 7) is 4.63. The number of aliphatic carboxylic acids is 1. The van der Waals surface area contributed by atoms with Crippen molar-refractivity contribution < 1.29 is 24.2 Å². The molecule has 0 aromatic carbocycles. The summed E-state index contributed by atoms with van der Waals surface area (Å²) in [4.78, 5) is 39.3. The highest BCUT2D eigenvalue weighted by Gasteiger charge is 2.60. The molecule has 6 aliphatic carbocycles. The Morgan fingerprint density at radius 1 is 0.900 bits per heavy atom. The number of ether oxygens (including phenoxy) is 1. The molecule has 0 aromatic heterocycles. The topological polar surface area (TPSA) is 80.7 Å². The van der Waals surface area contributed by atoms with Crippen LogP contribution in [0.4, 0.5) is 0 Å². The van der Waals surface area contributed by atoms with Crippen LogP contribution < -0.4 is 0 Å². The Kier molecular flexibility index (Phi) is 7.68. The monoisotopic (exact) mass is 550 g/mol. The van der Waals surface area contributed by atoms with Crippen molar-refractivity contribution in [3.8, 4) is 0 Å². The van der Waals surface area contributed by atoms with E-state index >= 15 is 0 Å². The lowest BCUT2D eigenvalue weighted by Gasteiger charge is -2.57. The van der Waals surface area contributed by atoms with Gasteiger partial charge in [0.2, 0.25) is 0 Å². The van der Waals surface area contributed by atoms with Crippen LogP contribution in [0.1, 0.15) is 117 Å². The number of carbonyl (C=O) groups is 3. The summed E-state index contributed by atoms with van der Waals surface area (Å²) in [6, 6.07) is 0. The van der Waals surface area contributed by atoms with Gasteiger partial charge in [-0.25, -0.2) is 4.79 Å². The Balaban J connectivity index is 1.20. The molecule has 0 unspecified atom stereocenters. The van der Waals surface area contributed by atoms with Gasteiger partial charge in [0.25, 0.3) is 0 Å². The molecule has 0 spiro atoms. The van der Waals surface area contributed by atoms with Crippen molar-refractivity contribution in [1.29, 1.82) is 0 Å². The summed E-state index contributed by atoms with van der Waals surface area (Å²) in [7, 11) is 0. The zero-order valence-corrected chi connectivity index (χ0v) is 24.8. The van der Waals surface area contributed by atoms with Gasteiger partial charge in [-0.2, -0.15) is 0 Å². The van der Waals surface area contributed by atoms with Crippen molar-refractivity contribution in [3.63, 3.8) is 0 Å². The normalized spacial score (nSPS) is 38.8. The van der Waals surface area contributed by atoms with Crippen molar-refractivity contribution >= 4 is 17.5 Å². The number of rotatable bonds is 7. The highest BCUT2D eigenvalue weighted by molar-refractivity contribution is 6.01. The molecule has 6 aliphatic rings. The minimum atomic E-state index is -1.21. The van der Waals surface area contributed by atoms with Crippen molar-refractivity contribution in [2.45, 2.75) is 122 Å². The first-order valence-electron chi connectivity index (χ1n) is 16.5. The number of ketones is 2. The molecule has 0 amide bonds. The molecule has 0 bridgehead atoms. The van der Waals surface area contributed by atoms with E-state index in [1.807, 2.05) is 6.08 Å². The summed E-state index contributed by atoms with van der Waals surface area (Å²) < 4.78 is 6.57. The predicted molar refractivity (Wildman–Crippen MR) is 155 cm³/mol. The molecule has 5 heteroatoms. The van der Waals surface area contributed by atoms with Gasteiger partial charge in [-0.3, -0.25) is 9.59 Å². The van der Waals surface area contributed by atoms with Gasteiger partial charge in [-0.05, 0) is 111 Å². The second kappa shape index (κ2) is 10.8. The van der Waals surface area contributed by atoms with Crippen LogP contribution in [0.5, 0.6) is 0 Å². The number of carboxylic acid groups (broad SMARTS) is 1. The maximum Gasteiger partial charge on any atom is 0.336 e. The van der Waals surface area contributed by atoms with E-state index in [1.165, 1.54) is 18.4 Å². The Morgan fingerprint density at radius 3 is 2.17 bits per heavy atom. The summed E-state index contributed by atoms with van der Waals surface area (Å²) >= 11 is 0. The first kappa shape index (κ1) is 28.4. The Bertz CT molecular complexity index is 1060. The van der Waals surface area contributed by atoms with E-state index in [1.54, 1.807) is 6.08 Å². The average Bonchev–Trinajstić information content (AvgIpc) is 3.32. The van der Waals surface area contributed by atoms with Gasteiger partial charge in [0.1, 0.15) is 6.61 Å². The number of hydrogen-bond donors (Lipinski definition) is 1. The summed E-state index contributed by atoms with van der Waals surface area (Å²) in [6.07, 6.45) is 22.2. The van der Waals surface area contributed by atoms with Crippen LogP contribution in [0.2, 0.25) is 0 Å². The number of fused-ring (bicyclic) bond motifs is 5. The van der Waals surface area contributed by atoms with Crippen LogP contribution in [0.3, 0.4) is 0 Å². The third kappa shape index (κ3) is 4.48. The highest BCUT2D eigenvalue weighted by atomic mass is 16.5. The fraction of sp³-hybridized carbons (Fsp3) is 0.800. The van der Waals surface area contributed by atoms with E-state index in [0.717, 1.165) is 89.9 Å². The van der Waals surface area contributed by atoms with E-state index in [2.05, 4.69) is 19.9 Å². The Hall–Kier alpha value is -1.75. The Labute approximate surface area is 240 Å². The smallest absolute Gasteiger partial charge is 0.336 e. The quantitative estimate of drug-likeness (QED) is 0.355. The first-order valence-corrected chi connectivity index (χ1v) is 16.5. The highest BCUT2D eigenvalue weighted by Crippen LogP contribution is 2.66. The van der Waals surface area contributed by atoms with Gasteiger partial charge in [-0.15, -0.1) is 0 Å². The van der Waals surface area contributed by atoms with Crippen molar-refractivity contribution in [3.05, 3.63) is 23.8 Å². The largest absolute Gasteiger partial charge is 0.479 e. The number of carboxylic acids is 1. The van der Waals surface area contributed by atoms with Gasteiger partial charge >= 0.3 is 5.97 Å². The van der Waals surface area contributed by atoms with Crippen LogP contribution in [-0.2, 0) is 19.1 Å². The molecular formula is C35H50O5. The van der Waals surface area contributed by atoms with Crippen molar-refractivity contribution in [2.75, 3.05) is 6.61 Å².